The highest BCUT2D eigenvalue weighted by atomic mass is 16.5. The summed E-state index contributed by atoms with van der Waals surface area (Å²) in [6.45, 7) is 6.85. The van der Waals surface area contributed by atoms with Gasteiger partial charge >= 0.3 is 0 Å². The van der Waals surface area contributed by atoms with Crippen molar-refractivity contribution in [3.8, 4) is 11.5 Å². The Kier molecular flexibility index (Phi) is 4.80. The van der Waals surface area contributed by atoms with Gasteiger partial charge in [0.05, 0.1) is 22.9 Å². The lowest BCUT2D eigenvalue weighted by atomic mass is 9.60. The number of aliphatic hydroxyl groups excluding tert-OH is 1. The number of ether oxygens (including phenoxy) is 2. The molecule has 3 N–H and O–H groups in total. The SMILES string of the molecule is CC(C)(O)C(O)CC[C@]1(C)Oc2cc(C=O)c(C=O)c3c2[C@H]2[C@@H](O3)[C@@](C)(O)CC[C@H]21. The van der Waals surface area contributed by atoms with E-state index >= 15 is 0 Å². The zero-order valence-corrected chi connectivity index (χ0v) is 17.8. The van der Waals surface area contributed by atoms with Crippen LogP contribution in [0.15, 0.2) is 6.07 Å². The summed E-state index contributed by atoms with van der Waals surface area (Å²) < 4.78 is 12.6. The molecule has 0 aromatic heterocycles. The van der Waals surface area contributed by atoms with E-state index in [0.717, 1.165) is 5.56 Å². The Morgan fingerprint density at radius 2 is 2.00 bits per heavy atom. The maximum absolute atomic E-state index is 11.7. The van der Waals surface area contributed by atoms with Crippen molar-refractivity contribution in [2.45, 2.75) is 88.3 Å². The van der Waals surface area contributed by atoms with Crippen LogP contribution in [0.3, 0.4) is 0 Å². The molecule has 164 valence electrons. The minimum Gasteiger partial charge on any atom is -0.487 e. The van der Waals surface area contributed by atoms with Crippen LogP contribution in [0.5, 0.6) is 11.5 Å². The van der Waals surface area contributed by atoms with Crippen molar-refractivity contribution >= 4 is 12.6 Å². The molecule has 7 heteroatoms. The van der Waals surface area contributed by atoms with E-state index in [1.54, 1.807) is 26.8 Å². The van der Waals surface area contributed by atoms with Gasteiger partial charge in [0.15, 0.2) is 12.6 Å². The van der Waals surface area contributed by atoms with Crippen molar-refractivity contribution in [1.82, 2.24) is 0 Å². The lowest BCUT2D eigenvalue weighted by molar-refractivity contribution is -0.130. The topological polar surface area (TPSA) is 113 Å². The molecule has 0 spiro atoms. The van der Waals surface area contributed by atoms with Crippen molar-refractivity contribution in [2.75, 3.05) is 0 Å². The molecule has 1 aromatic carbocycles. The first kappa shape index (κ1) is 21.3. The Labute approximate surface area is 176 Å². The maximum Gasteiger partial charge on any atom is 0.154 e. The standard InChI is InChI=1S/C23H30O7/c1-21(2,27)16(26)6-8-23(4)14-5-7-22(3,28)20-17(14)18-15(30-23)9-12(10-24)13(11-25)19(18)29-20/h9-11,14,16-17,20,26-28H,5-8H2,1-4H3/t14-,16?,17+,20-,22+,23+/m1/s1. The summed E-state index contributed by atoms with van der Waals surface area (Å²) in [4.78, 5) is 23.3. The Balaban J connectivity index is 1.80. The fraction of sp³-hybridized carbons (Fsp3) is 0.652. The van der Waals surface area contributed by atoms with E-state index in [1.165, 1.54) is 0 Å². The predicted molar refractivity (Wildman–Crippen MR) is 108 cm³/mol. The minimum absolute atomic E-state index is 0.00735. The lowest BCUT2D eigenvalue weighted by Crippen LogP contribution is -2.58. The van der Waals surface area contributed by atoms with Gasteiger partial charge in [-0.05, 0) is 59.4 Å². The molecule has 0 saturated heterocycles. The van der Waals surface area contributed by atoms with Gasteiger partial charge < -0.3 is 24.8 Å². The minimum atomic E-state index is -1.23. The molecule has 1 aromatic rings. The summed E-state index contributed by atoms with van der Waals surface area (Å²) in [6.07, 6.45) is 1.77. The Morgan fingerprint density at radius 3 is 2.60 bits per heavy atom. The van der Waals surface area contributed by atoms with Crippen molar-refractivity contribution < 1.29 is 34.4 Å². The smallest absolute Gasteiger partial charge is 0.154 e. The first-order valence-electron chi connectivity index (χ1n) is 10.5. The van der Waals surface area contributed by atoms with E-state index in [9.17, 15) is 24.9 Å². The molecule has 0 amide bonds. The van der Waals surface area contributed by atoms with Gasteiger partial charge in [0.25, 0.3) is 0 Å². The fourth-order valence-electron chi connectivity index (χ4n) is 5.50. The van der Waals surface area contributed by atoms with E-state index in [4.69, 9.17) is 9.47 Å². The largest absolute Gasteiger partial charge is 0.487 e. The van der Waals surface area contributed by atoms with Crippen LogP contribution in [0.1, 0.15) is 85.6 Å². The number of aliphatic hydroxyl groups is 3. The number of benzene rings is 1. The second-order valence-corrected chi connectivity index (χ2v) is 10.0. The molecule has 1 saturated carbocycles. The van der Waals surface area contributed by atoms with E-state index in [-0.39, 0.29) is 23.0 Å². The van der Waals surface area contributed by atoms with Crippen molar-refractivity contribution in [2.24, 2.45) is 5.92 Å². The zero-order valence-electron chi connectivity index (χ0n) is 17.8. The second kappa shape index (κ2) is 6.77. The number of hydrogen-bond acceptors (Lipinski definition) is 7. The highest BCUT2D eigenvalue weighted by Gasteiger charge is 2.61. The van der Waals surface area contributed by atoms with Gasteiger partial charge in [-0.3, -0.25) is 9.59 Å². The molecule has 30 heavy (non-hydrogen) atoms. The Bertz CT molecular complexity index is 885. The van der Waals surface area contributed by atoms with Crippen LogP contribution in [0.25, 0.3) is 0 Å². The van der Waals surface area contributed by atoms with Crippen LogP contribution >= 0.6 is 0 Å². The third-order valence-corrected chi connectivity index (χ3v) is 7.37. The molecule has 1 fully saturated rings. The molecule has 4 rings (SSSR count). The molecule has 1 unspecified atom stereocenters. The number of rotatable bonds is 6. The number of carbonyl (C=O) groups excluding carboxylic acids is 2. The first-order valence-corrected chi connectivity index (χ1v) is 10.5. The van der Waals surface area contributed by atoms with E-state index in [0.29, 0.717) is 49.8 Å². The van der Waals surface area contributed by atoms with Gasteiger partial charge in [-0.25, -0.2) is 0 Å². The highest BCUT2D eigenvalue weighted by Crippen LogP contribution is 2.62. The molecular weight excluding hydrogens is 388 g/mol. The van der Waals surface area contributed by atoms with Crippen LogP contribution in [0.2, 0.25) is 0 Å². The van der Waals surface area contributed by atoms with E-state index in [2.05, 4.69) is 0 Å². The number of hydrogen-bond donors (Lipinski definition) is 3. The zero-order chi connectivity index (χ0) is 22.1. The molecular formula is C23H30O7. The predicted octanol–water partition coefficient (Wildman–Crippen LogP) is 2.38. The van der Waals surface area contributed by atoms with Gasteiger partial charge in [-0.2, -0.15) is 0 Å². The van der Waals surface area contributed by atoms with E-state index in [1.807, 2.05) is 6.92 Å². The van der Waals surface area contributed by atoms with Crippen LogP contribution in [0.4, 0.5) is 0 Å². The van der Waals surface area contributed by atoms with Crippen molar-refractivity contribution in [3.05, 3.63) is 22.8 Å². The van der Waals surface area contributed by atoms with Crippen LogP contribution in [-0.4, -0.2) is 56.9 Å². The summed E-state index contributed by atoms with van der Waals surface area (Å²) in [5, 5.41) is 31.5. The summed E-state index contributed by atoms with van der Waals surface area (Å²) >= 11 is 0. The second-order valence-electron chi connectivity index (χ2n) is 10.0. The van der Waals surface area contributed by atoms with Crippen LogP contribution < -0.4 is 9.47 Å². The van der Waals surface area contributed by atoms with Gasteiger partial charge in [0.1, 0.15) is 23.2 Å². The van der Waals surface area contributed by atoms with Gasteiger partial charge in [-0.1, -0.05) is 0 Å². The van der Waals surface area contributed by atoms with Gasteiger partial charge in [0, 0.05) is 23.0 Å². The molecule has 3 aliphatic rings. The number of carbonyl (C=O) groups is 2. The van der Waals surface area contributed by atoms with Crippen LogP contribution in [0, 0.1) is 5.92 Å². The Morgan fingerprint density at radius 1 is 1.30 bits per heavy atom. The monoisotopic (exact) mass is 418 g/mol. The Hall–Kier alpha value is -1.96. The lowest BCUT2D eigenvalue weighted by Gasteiger charge is -2.52. The molecule has 1 aliphatic carbocycles. The molecule has 7 nitrogen and oxygen atoms in total. The highest BCUT2D eigenvalue weighted by molar-refractivity contribution is 5.95. The quantitative estimate of drug-likeness (QED) is 0.608. The molecule has 2 aliphatic heterocycles. The third kappa shape index (κ3) is 3.06. The fourth-order valence-corrected chi connectivity index (χ4v) is 5.50. The summed E-state index contributed by atoms with van der Waals surface area (Å²) in [5.41, 5.74) is -1.87. The molecule has 0 radical (unpaired) electrons. The molecule has 0 bridgehead atoms. The van der Waals surface area contributed by atoms with E-state index < -0.39 is 29.0 Å². The van der Waals surface area contributed by atoms with Gasteiger partial charge in [0.2, 0.25) is 0 Å². The third-order valence-electron chi connectivity index (χ3n) is 7.37. The van der Waals surface area contributed by atoms with Crippen LogP contribution in [-0.2, 0) is 0 Å². The normalized spacial score (nSPS) is 35.1. The average molecular weight is 418 g/mol. The van der Waals surface area contributed by atoms with Crippen molar-refractivity contribution in [1.29, 1.82) is 0 Å². The summed E-state index contributed by atoms with van der Waals surface area (Å²) in [7, 11) is 0. The average Bonchev–Trinajstić information content (AvgIpc) is 3.07. The molecule has 6 atom stereocenters. The van der Waals surface area contributed by atoms with Gasteiger partial charge in [-0.15, -0.1) is 0 Å². The summed E-state index contributed by atoms with van der Waals surface area (Å²) in [6, 6.07) is 1.57. The summed E-state index contributed by atoms with van der Waals surface area (Å²) in [5.74, 6) is 0.632. The molecule has 2 heterocycles. The van der Waals surface area contributed by atoms with Crippen molar-refractivity contribution in [3.63, 3.8) is 0 Å². The first-order chi connectivity index (χ1) is 13.9. The number of aldehydes is 2. The maximum atomic E-state index is 11.7.